The number of aromatic nitrogens is 1. The number of nitrogens with one attached hydrogen (secondary N) is 3. The van der Waals surface area contributed by atoms with E-state index in [2.05, 4.69) is 20.8 Å². The number of nitrogens with zero attached hydrogens (tertiary/aromatic N) is 1. The number of ether oxygens (including phenoxy) is 1. The van der Waals surface area contributed by atoms with Crippen molar-refractivity contribution >= 4 is 28.7 Å². The maximum Gasteiger partial charge on any atom is 0.259 e. The highest BCUT2D eigenvalue weighted by atomic mass is 16.5. The lowest BCUT2D eigenvalue weighted by Gasteiger charge is -2.06. The van der Waals surface area contributed by atoms with E-state index >= 15 is 0 Å². The number of amides is 1. The summed E-state index contributed by atoms with van der Waals surface area (Å²) in [5.41, 5.74) is 6.37. The number of aryl methyl sites for hydroxylation is 1. The van der Waals surface area contributed by atoms with Gasteiger partial charge in [0.05, 0.1) is 19.9 Å². The Morgan fingerprint density at radius 1 is 1.24 bits per heavy atom. The molecule has 0 radical (unpaired) electrons. The number of carbonyl (C=O) groups excluding carboxylic acids is 1. The first-order valence-corrected chi connectivity index (χ1v) is 7.94. The third-order valence-corrected chi connectivity index (χ3v) is 3.85. The molecule has 2 aromatic carbocycles. The molecule has 0 aliphatic rings. The lowest BCUT2D eigenvalue weighted by atomic mass is 10.1. The molecule has 6 nitrogen and oxygen atoms in total. The van der Waals surface area contributed by atoms with E-state index in [4.69, 9.17) is 4.74 Å². The van der Waals surface area contributed by atoms with Crippen LogP contribution in [0.2, 0.25) is 0 Å². The summed E-state index contributed by atoms with van der Waals surface area (Å²) in [5, 5.41) is 8.17. The molecule has 0 atom stereocenters. The van der Waals surface area contributed by atoms with Crippen LogP contribution in [0, 0.1) is 6.92 Å². The molecule has 3 N–H and O–H groups in total. The van der Waals surface area contributed by atoms with Gasteiger partial charge in [-0.1, -0.05) is 24.3 Å². The van der Waals surface area contributed by atoms with Crippen molar-refractivity contribution in [1.82, 2.24) is 10.4 Å². The zero-order valence-corrected chi connectivity index (χ0v) is 14.2. The fraction of sp³-hybridized carbons (Fsp3) is 0.158. The van der Waals surface area contributed by atoms with Gasteiger partial charge >= 0.3 is 0 Å². The van der Waals surface area contributed by atoms with Gasteiger partial charge in [-0.25, -0.2) is 5.43 Å². The van der Waals surface area contributed by atoms with Crippen LogP contribution >= 0.6 is 0 Å². The van der Waals surface area contributed by atoms with Crippen molar-refractivity contribution in [2.75, 3.05) is 19.0 Å². The van der Waals surface area contributed by atoms with Crippen molar-refractivity contribution in [3.8, 4) is 5.75 Å². The smallest absolute Gasteiger partial charge is 0.259 e. The van der Waals surface area contributed by atoms with E-state index in [9.17, 15) is 4.79 Å². The van der Waals surface area contributed by atoms with Crippen molar-refractivity contribution in [3.63, 3.8) is 0 Å². The minimum Gasteiger partial charge on any atom is -0.497 e. The number of H-pyrrole nitrogens is 1. The summed E-state index contributed by atoms with van der Waals surface area (Å²) in [6, 6.07) is 15.4. The number of hydrogen-bond acceptors (Lipinski definition) is 4. The second-order valence-corrected chi connectivity index (χ2v) is 5.59. The lowest BCUT2D eigenvalue weighted by molar-refractivity contribution is -0.119. The summed E-state index contributed by atoms with van der Waals surface area (Å²) in [4.78, 5) is 15.2. The fourth-order valence-corrected chi connectivity index (χ4v) is 2.59. The van der Waals surface area contributed by atoms with Gasteiger partial charge in [0.1, 0.15) is 5.75 Å². The SMILES string of the molecule is COc1cccc(NCC(=O)N/N=C/c2c(C)[nH]c3ccccc23)c1. The van der Waals surface area contributed by atoms with Gasteiger partial charge in [0.2, 0.25) is 0 Å². The normalized spacial score (nSPS) is 11.0. The number of hydrogen-bond donors (Lipinski definition) is 3. The van der Waals surface area contributed by atoms with Crippen LogP contribution in [0.15, 0.2) is 53.6 Å². The number of para-hydroxylation sites is 1. The van der Waals surface area contributed by atoms with Crippen LogP contribution in [0.1, 0.15) is 11.3 Å². The zero-order valence-electron chi connectivity index (χ0n) is 14.2. The first kappa shape index (κ1) is 16.6. The summed E-state index contributed by atoms with van der Waals surface area (Å²) in [6.45, 7) is 2.10. The highest BCUT2D eigenvalue weighted by Gasteiger charge is 2.05. The molecule has 0 saturated heterocycles. The Morgan fingerprint density at radius 3 is 2.92 bits per heavy atom. The van der Waals surface area contributed by atoms with Crippen LogP contribution in [0.3, 0.4) is 0 Å². The average molecular weight is 336 g/mol. The molecule has 1 amide bonds. The Balaban J connectivity index is 1.58. The van der Waals surface area contributed by atoms with Crippen LogP contribution in [-0.4, -0.2) is 30.8 Å². The molecule has 128 valence electrons. The molecule has 3 rings (SSSR count). The molecule has 0 unspecified atom stereocenters. The fourth-order valence-electron chi connectivity index (χ4n) is 2.59. The molecule has 25 heavy (non-hydrogen) atoms. The van der Waals surface area contributed by atoms with Crippen LogP contribution in [0.5, 0.6) is 5.75 Å². The molecule has 0 aliphatic carbocycles. The second kappa shape index (κ2) is 7.53. The summed E-state index contributed by atoms with van der Waals surface area (Å²) in [6.07, 6.45) is 1.66. The van der Waals surface area contributed by atoms with E-state index in [1.165, 1.54) is 0 Å². The van der Waals surface area contributed by atoms with Crippen molar-refractivity contribution < 1.29 is 9.53 Å². The summed E-state index contributed by atoms with van der Waals surface area (Å²) >= 11 is 0. The number of anilines is 1. The maximum absolute atomic E-state index is 11.9. The number of benzene rings is 2. The van der Waals surface area contributed by atoms with Crippen LogP contribution in [-0.2, 0) is 4.79 Å². The number of hydrazone groups is 1. The van der Waals surface area contributed by atoms with Gasteiger partial charge in [-0.15, -0.1) is 0 Å². The predicted octanol–water partition coefficient (Wildman–Crippen LogP) is 3.05. The topological polar surface area (TPSA) is 78.5 Å². The number of aromatic amines is 1. The first-order valence-electron chi connectivity index (χ1n) is 7.94. The quantitative estimate of drug-likeness (QED) is 0.478. The number of fused-ring (bicyclic) bond motifs is 1. The lowest BCUT2D eigenvalue weighted by Crippen LogP contribution is -2.25. The molecular formula is C19H20N4O2. The van der Waals surface area contributed by atoms with E-state index in [1.807, 2.05) is 55.5 Å². The Hall–Kier alpha value is -3.28. The zero-order chi connectivity index (χ0) is 17.6. The predicted molar refractivity (Wildman–Crippen MR) is 100 cm³/mol. The average Bonchev–Trinajstić information content (AvgIpc) is 2.96. The van der Waals surface area contributed by atoms with Gasteiger partial charge in [0, 0.05) is 33.9 Å². The summed E-state index contributed by atoms with van der Waals surface area (Å²) in [7, 11) is 1.60. The first-order chi connectivity index (χ1) is 12.2. The van der Waals surface area contributed by atoms with Crippen molar-refractivity contribution in [3.05, 3.63) is 59.8 Å². The number of methoxy groups -OCH3 is 1. The summed E-state index contributed by atoms with van der Waals surface area (Å²) < 4.78 is 5.15. The molecule has 0 aliphatic heterocycles. The van der Waals surface area contributed by atoms with E-state index in [0.717, 1.165) is 33.6 Å². The largest absolute Gasteiger partial charge is 0.497 e. The third kappa shape index (κ3) is 3.98. The molecule has 1 heterocycles. The minimum atomic E-state index is -0.225. The van der Waals surface area contributed by atoms with E-state index in [-0.39, 0.29) is 12.5 Å². The third-order valence-electron chi connectivity index (χ3n) is 3.85. The van der Waals surface area contributed by atoms with Gasteiger partial charge in [0.25, 0.3) is 5.91 Å². The Kier molecular flexibility index (Phi) is 4.99. The van der Waals surface area contributed by atoms with Crippen LogP contribution in [0.4, 0.5) is 5.69 Å². The molecule has 0 fully saturated rings. The summed E-state index contributed by atoms with van der Waals surface area (Å²) in [5.74, 6) is 0.509. The van der Waals surface area contributed by atoms with Gasteiger partial charge in [0.15, 0.2) is 0 Å². The minimum absolute atomic E-state index is 0.122. The molecule has 1 aromatic heterocycles. The van der Waals surface area contributed by atoms with Crippen molar-refractivity contribution in [2.45, 2.75) is 6.92 Å². The molecule has 6 heteroatoms. The Morgan fingerprint density at radius 2 is 2.08 bits per heavy atom. The van der Waals surface area contributed by atoms with Crippen LogP contribution < -0.4 is 15.5 Å². The molecule has 0 saturated carbocycles. The van der Waals surface area contributed by atoms with E-state index in [0.29, 0.717) is 0 Å². The Labute approximate surface area is 145 Å². The highest BCUT2D eigenvalue weighted by molar-refractivity contribution is 6.00. The molecular weight excluding hydrogens is 316 g/mol. The highest BCUT2D eigenvalue weighted by Crippen LogP contribution is 2.19. The van der Waals surface area contributed by atoms with Crippen LogP contribution in [0.25, 0.3) is 10.9 Å². The van der Waals surface area contributed by atoms with Gasteiger partial charge in [-0.05, 0) is 25.1 Å². The van der Waals surface area contributed by atoms with E-state index in [1.54, 1.807) is 13.3 Å². The maximum atomic E-state index is 11.9. The van der Waals surface area contributed by atoms with Gasteiger partial charge in [-0.2, -0.15) is 5.10 Å². The molecule has 3 aromatic rings. The van der Waals surface area contributed by atoms with Crippen molar-refractivity contribution in [2.24, 2.45) is 5.10 Å². The number of carbonyl (C=O) groups is 1. The van der Waals surface area contributed by atoms with E-state index < -0.39 is 0 Å². The molecule has 0 bridgehead atoms. The monoisotopic (exact) mass is 336 g/mol. The van der Waals surface area contributed by atoms with Gasteiger partial charge in [-0.3, -0.25) is 4.79 Å². The molecule has 0 spiro atoms. The standard InChI is InChI=1S/C19H20N4O2/c1-13-17(16-8-3-4-9-18(16)22-13)11-21-23-19(24)12-20-14-6-5-7-15(10-14)25-2/h3-11,20,22H,12H2,1-2H3,(H,23,24)/b21-11+. The second-order valence-electron chi connectivity index (χ2n) is 5.59. The Bertz CT molecular complexity index is 915. The van der Waals surface area contributed by atoms with Crippen molar-refractivity contribution in [1.29, 1.82) is 0 Å². The van der Waals surface area contributed by atoms with Gasteiger partial charge < -0.3 is 15.0 Å². The number of rotatable bonds is 6.